The third-order valence-corrected chi connectivity index (χ3v) is 12.0. The first-order valence-corrected chi connectivity index (χ1v) is 24.0. The number of carbonyl (C=O) groups excluding carboxylic acids is 6. The zero-order chi connectivity index (χ0) is 53.3. The van der Waals surface area contributed by atoms with Crippen LogP contribution in [0.15, 0.2) is 55.1 Å². The zero-order valence-electron chi connectivity index (χ0n) is 45.0. The van der Waals surface area contributed by atoms with E-state index in [1.807, 2.05) is 125 Å². The van der Waals surface area contributed by atoms with Gasteiger partial charge in [-0.15, -0.1) is 0 Å². The lowest BCUT2D eigenvalue weighted by Gasteiger charge is -2.36. The van der Waals surface area contributed by atoms with Gasteiger partial charge >= 0.3 is 17.9 Å². The van der Waals surface area contributed by atoms with E-state index in [2.05, 4.69) is 6.58 Å². The van der Waals surface area contributed by atoms with E-state index in [1.165, 1.54) is 6.08 Å². The molecule has 390 valence electrons. The number of hydrogen-bond acceptors (Lipinski definition) is 15. The number of ketones is 3. The van der Waals surface area contributed by atoms with Crippen LogP contribution in [0.2, 0.25) is 0 Å². The molecule has 0 aliphatic rings. The highest BCUT2D eigenvalue weighted by Gasteiger charge is 2.39. The van der Waals surface area contributed by atoms with Crippen LogP contribution in [0.1, 0.15) is 121 Å². The molecule has 15 heteroatoms. The highest BCUT2D eigenvalue weighted by Crippen LogP contribution is 2.22. The Morgan fingerprint density at radius 1 is 0.515 bits per heavy atom. The number of benzene rings is 1. The molecule has 9 atom stereocenters. The summed E-state index contributed by atoms with van der Waals surface area (Å²) in [4.78, 5) is 77.5. The Kier molecular flexibility index (Phi) is 32.4. The van der Waals surface area contributed by atoms with Crippen molar-refractivity contribution < 1.29 is 58.3 Å². The molecule has 0 aromatic heterocycles. The lowest BCUT2D eigenvalue weighted by Crippen LogP contribution is -2.53. The molecule has 0 spiro atoms. The number of allylic oxidation sites excluding steroid dienone is 1. The van der Waals surface area contributed by atoms with E-state index in [0.29, 0.717) is 5.56 Å². The predicted octanol–water partition coefficient (Wildman–Crippen LogP) is 6.46. The fraction of sp³-hybridized carbons (Fsp3) is 0.698. The monoisotopic (exact) mass is 962 g/mol. The Bertz CT molecular complexity index is 1700. The minimum Gasteiger partial charge on any atom is -0.462 e. The predicted molar refractivity (Wildman–Crippen MR) is 269 cm³/mol. The maximum Gasteiger partial charge on any atom is 0.338 e. The normalized spacial score (nSPS) is 15.8. The molecule has 0 aliphatic carbocycles. The Hall–Kier alpha value is -4.12. The summed E-state index contributed by atoms with van der Waals surface area (Å²) < 4.78 is 15.4. The van der Waals surface area contributed by atoms with Gasteiger partial charge in [0.1, 0.15) is 0 Å². The molecule has 1 aromatic rings. The van der Waals surface area contributed by atoms with Crippen LogP contribution in [0.5, 0.6) is 0 Å². The fourth-order valence-corrected chi connectivity index (χ4v) is 6.58. The van der Waals surface area contributed by atoms with Gasteiger partial charge in [-0.05, 0) is 81.7 Å². The largest absolute Gasteiger partial charge is 0.462 e. The van der Waals surface area contributed by atoms with Crippen LogP contribution in [0.3, 0.4) is 0 Å². The number of aliphatic hydroxyl groups excluding tert-OH is 3. The van der Waals surface area contributed by atoms with E-state index in [0.717, 1.165) is 6.08 Å². The smallest absolute Gasteiger partial charge is 0.338 e. The average molecular weight is 962 g/mol. The highest BCUT2D eigenvalue weighted by molar-refractivity contribution is 5.89. The molecule has 0 saturated carbocycles. The topological polar surface area (TPSA) is 201 Å². The zero-order valence-corrected chi connectivity index (χ0v) is 45.0. The second-order valence-corrected chi connectivity index (χ2v) is 19.6. The van der Waals surface area contributed by atoms with Gasteiger partial charge in [0.05, 0.1) is 61.8 Å². The number of esters is 3. The van der Waals surface area contributed by atoms with Crippen LogP contribution < -0.4 is 0 Å². The molecule has 68 heavy (non-hydrogen) atoms. The Labute approximate surface area is 409 Å². The molecule has 1 aromatic carbocycles. The van der Waals surface area contributed by atoms with Gasteiger partial charge in [0.25, 0.3) is 0 Å². The summed E-state index contributed by atoms with van der Waals surface area (Å²) >= 11 is 0. The van der Waals surface area contributed by atoms with Crippen molar-refractivity contribution in [1.29, 1.82) is 0 Å². The van der Waals surface area contributed by atoms with Gasteiger partial charge in [-0.25, -0.2) is 14.4 Å². The number of rotatable bonds is 27. The van der Waals surface area contributed by atoms with Gasteiger partial charge < -0.3 is 29.5 Å². The molecular formula is C53H91N3O12. The molecule has 0 heterocycles. The molecule has 0 bridgehead atoms. The third kappa shape index (κ3) is 23.0. The molecular weight excluding hydrogens is 871 g/mol. The maximum absolute atomic E-state index is 12.6. The summed E-state index contributed by atoms with van der Waals surface area (Å²) in [5.74, 6) is -2.98. The van der Waals surface area contributed by atoms with Gasteiger partial charge in [0.2, 0.25) is 0 Å². The van der Waals surface area contributed by atoms with Crippen LogP contribution in [-0.4, -0.2) is 161 Å². The maximum atomic E-state index is 12.6. The van der Waals surface area contributed by atoms with E-state index < -0.39 is 54.3 Å². The highest BCUT2D eigenvalue weighted by atomic mass is 16.5. The lowest BCUT2D eigenvalue weighted by atomic mass is 9.89. The minimum atomic E-state index is -0.911. The van der Waals surface area contributed by atoms with Crippen molar-refractivity contribution >= 4 is 35.3 Å². The molecule has 1 rings (SSSR count). The second-order valence-electron chi connectivity index (χ2n) is 19.6. The Morgan fingerprint density at radius 3 is 1.07 bits per heavy atom. The first kappa shape index (κ1) is 66.0. The first-order chi connectivity index (χ1) is 31.4. The summed E-state index contributed by atoms with van der Waals surface area (Å²) in [7, 11) is 5.49. The minimum absolute atomic E-state index is 0.00432. The summed E-state index contributed by atoms with van der Waals surface area (Å²) in [6.07, 6.45) is 1.31. The van der Waals surface area contributed by atoms with Crippen molar-refractivity contribution in [3.63, 3.8) is 0 Å². The van der Waals surface area contributed by atoms with Gasteiger partial charge in [-0.1, -0.05) is 93.2 Å². The quantitative estimate of drug-likeness (QED) is 0.0493. The fourth-order valence-electron chi connectivity index (χ4n) is 6.58. The summed E-state index contributed by atoms with van der Waals surface area (Å²) in [5.41, 5.74) is 0.471. The Balaban J connectivity index is 0. The van der Waals surface area contributed by atoms with E-state index in [-0.39, 0.29) is 90.8 Å². The lowest BCUT2D eigenvalue weighted by molar-refractivity contribution is -0.143. The van der Waals surface area contributed by atoms with E-state index in [4.69, 9.17) is 14.2 Å². The van der Waals surface area contributed by atoms with E-state index in [1.54, 1.807) is 58.0 Å². The van der Waals surface area contributed by atoms with Crippen LogP contribution in [-0.2, 0) is 38.2 Å². The van der Waals surface area contributed by atoms with E-state index in [9.17, 15) is 44.1 Å². The number of hydrogen-bond donors (Lipinski definition) is 3. The van der Waals surface area contributed by atoms with Crippen molar-refractivity contribution in [2.24, 2.45) is 35.5 Å². The first-order valence-electron chi connectivity index (χ1n) is 24.0. The van der Waals surface area contributed by atoms with Crippen molar-refractivity contribution in [3.8, 4) is 0 Å². The number of aliphatic hydroxyl groups is 3. The molecule has 0 aliphatic heterocycles. The van der Waals surface area contributed by atoms with Crippen LogP contribution in [0, 0.1) is 35.5 Å². The van der Waals surface area contributed by atoms with Gasteiger partial charge in [0.15, 0.2) is 17.3 Å². The third-order valence-electron chi connectivity index (χ3n) is 12.0. The molecule has 0 fully saturated rings. The summed E-state index contributed by atoms with van der Waals surface area (Å²) in [6.45, 7) is 33.4. The molecule has 15 nitrogen and oxygen atoms in total. The van der Waals surface area contributed by atoms with Crippen molar-refractivity contribution in [1.82, 2.24) is 14.7 Å². The van der Waals surface area contributed by atoms with Crippen LogP contribution in [0.25, 0.3) is 0 Å². The van der Waals surface area contributed by atoms with Crippen molar-refractivity contribution in [2.45, 2.75) is 165 Å². The number of Topliss-reactive ketones (excluding diaryl/α,β-unsaturated/α-hetero) is 3. The molecule has 0 amide bonds. The van der Waals surface area contributed by atoms with Gasteiger partial charge in [0, 0.05) is 65.8 Å². The van der Waals surface area contributed by atoms with Crippen LogP contribution >= 0.6 is 0 Å². The van der Waals surface area contributed by atoms with Gasteiger partial charge in [-0.3, -0.25) is 29.1 Å². The molecule has 0 radical (unpaired) electrons. The van der Waals surface area contributed by atoms with Crippen molar-refractivity contribution in [2.75, 3.05) is 41.0 Å². The number of nitrogens with zero attached hydrogens (tertiary/aromatic N) is 3. The SMILES string of the molecule is C/C=C/C(=O)OC[C@@H](C)[C@@H](O)[C@@H](C(=O)C(C)C)N(C)C(C)C.C=CC(=O)OC[C@@H](C)[C@@H](O)[C@@H](C(=O)C(C)C)N(C)C(C)C.CC(C)C(=O)[C@H]([C@H](O)[C@H](C)COC(=O)c1ccccc1)N(C)C(C)C. The summed E-state index contributed by atoms with van der Waals surface area (Å²) in [6, 6.07) is 7.25. The molecule has 0 unspecified atom stereocenters. The second kappa shape index (κ2) is 33.4. The number of likely N-dealkylation sites (N-methyl/N-ethyl adjacent to an activating group) is 3. The number of ether oxygens (including phenoxy) is 3. The van der Waals surface area contributed by atoms with Gasteiger partial charge in [-0.2, -0.15) is 0 Å². The Morgan fingerprint density at radius 2 is 0.809 bits per heavy atom. The van der Waals surface area contributed by atoms with Crippen LogP contribution in [0.4, 0.5) is 0 Å². The molecule has 0 saturated heterocycles. The van der Waals surface area contributed by atoms with Crippen molar-refractivity contribution in [3.05, 3.63) is 60.7 Å². The molecule has 3 N–H and O–H groups in total. The number of carbonyl (C=O) groups is 6. The average Bonchev–Trinajstić information content (AvgIpc) is 3.28. The standard InChI is InChI=1S/C20H31NO4.C17H31NO4.C16H29NO4/c1-13(2)18(22)17(21(6)14(3)4)19(23)15(5)12-25-20(24)16-10-8-7-9-11-16;1-8-9-14(19)22-10-13(6)17(21)15(16(20)11(2)3)18(7)12(4)5;1-8-13(18)21-9-12(6)16(20)14(15(19)10(2)3)17(7)11(4)5/h7-11,13-15,17,19,23H,12H2,1-6H3;8-9,11-13,15,17,21H,10H2,1-7H3;8,10-12,14,16,20H,1,9H2,2-7H3/b;9-8+;/t15-,17-,19-;13-,15-,17-;12-,14-,16-/m111/s1. The summed E-state index contributed by atoms with van der Waals surface area (Å²) in [5, 5.41) is 31.9. The van der Waals surface area contributed by atoms with E-state index >= 15 is 0 Å².